The number of esters is 1. The van der Waals surface area contributed by atoms with Crippen LogP contribution in [0.15, 0.2) is 0 Å². The first-order valence-corrected chi connectivity index (χ1v) is 4.50. The Morgan fingerprint density at radius 1 is 1.54 bits per heavy atom. The summed E-state index contributed by atoms with van der Waals surface area (Å²) < 4.78 is 4.81. The average Bonchev–Trinajstić information content (AvgIpc) is 2.05. The van der Waals surface area contributed by atoms with E-state index in [1.54, 1.807) is 0 Å². The fourth-order valence-corrected chi connectivity index (χ4v) is 0.740. The van der Waals surface area contributed by atoms with Crippen LogP contribution < -0.4 is 0 Å². The van der Waals surface area contributed by atoms with E-state index in [4.69, 9.17) is 9.84 Å². The molecule has 4 heteroatoms. The third-order valence-electron chi connectivity index (χ3n) is 1.70. The van der Waals surface area contributed by atoms with E-state index in [-0.39, 0.29) is 25.6 Å². The largest absolute Gasteiger partial charge is 0.466 e. The SMILES string of the molecule is CCCC(=O)OCCC(C)(O)CO. The molecule has 0 radical (unpaired) electrons. The highest BCUT2D eigenvalue weighted by molar-refractivity contribution is 5.69. The molecule has 0 aromatic heterocycles. The Hall–Kier alpha value is -0.610. The summed E-state index contributed by atoms with van der Waals surface area (Å²) in [6, 6.07) is 0. The van der Waals surface area contributed by atoms with Crippen LogP contribution in [0.3, 0.4) is 0 Å². The fraction of sp³-hybridized carbons (Fsp3) is 0.889. The Labute approximate surface area is 78.5 Å². The van der Waals surface area contributed by atoms with Crippen molar-refractivity contribution in [1.29, 1.82) is 0 Å². The Morgan fingerprint density at radius 2 is 2.15 bits per heavy atom. The lowest BCUT2D eigenvalue weighted by atomic mass is 10.1. The quantitative estimate of drug-likeness (QED) is 0.597. The smallest absolute Gasteiger partial charge is 0.305 e. The molecule has 0 aliphatic carbocycles. The summed E-state index contributed by atoms with van der Waals surface area (Å²) in [5, 5.41) is 18.0. The Bertz CT molecular complexity index is 154. The molecule has 0 saturated carbocycles. The van der Waals surface area contributed by atoms with Gasteiger partial charge in [0.2, 0.25) is 0 Å². The summed E-state index contributed by atoms with van der Waals surface area (Å²) in [5.41, 5.74) is -1.15. The summed E-state index contributed by atoms with van der Waals surface area (Å²) in [6.45, 7) is 3.23. The molecule has 0 aromatic carbocycles. The summed E-state index contributed by atoms with van der Waals surface area (Å²) >= 11 is 0. The number of hydrogen-bond acceptors (Lipinski definition) is 4. The van der Waals surface area contributed by atoms with Gasteiger partial charge in [-0.1, -0.05) is 6.92 Å². The molecule has 1 atom stereocenters. The van der Waals surface area contributed by atoms with Gasteiger partial charge in [0.15, 0.2) is 0 Å². The van der Waals surface area contributed by atoms with E-state index in [2.05, 4.69) is 0 Å². The molecule has 0 saturated heterocycles. The molecule has 13 heavy (non-hydrogen) atoms. The molecule has 1 unspecified atom stereocenters. The lowest BCUT2D eigenvalue weighted by Gasteiger charge is -2.19. The normalized spacial score (nSPS) is 15.1. The number of rotatable bonds is 6. The number of carbonyl (C=O) groups excluding carboxylic acids is 1. The molecule has 0 heterocycles. The van der Waals surface area contributed by atoms with Crippen LogP contribution in [0.4, 0.5) is 0 Å². The van der Waals surface area contributed by atoms with Gasteiger partial charge in [-0.15, -0.1) is 0 Å². The van der Waals surface area contributed by atoms with Crippen molar-refractivity contribution in [1.82, 2.24) is 0 Å². The second-order valence-corrected chi connectivity index (χ2v) is 3.38. The van der Waals surface area contributed by atoms with E-state index in [1.165, 1.54) is 6.92 Å². The van der Waals surface area contributed by atoms with Crippen LogP contribution in [0.2, 0.25) is 0 Å². The fourth-order valence-electron chi connectivity index (χ4n) is 0.740. The van der Waals surface area contributed by atoms with Crippen molar-refractivity contribution < 1.29 is 19.7 Å². The van der Waals surface area contributed by atoms with Crippen molar-refractivity contribution in [2.75, 3.05) is 13.2 Å². The zero-order valence-electron chi connectivity index (χ0n) is 8.25. The van der Waals surface area contributed by atoms with Crippen molar-refractivity contribution in [3.63, 3.8) is 0 Å². The molecule has 0 spiro atoms. The predicted molar refractivity (Wildman–Crippen MR) is 48.2 cm³/mol. The van der Waals surface area contributed by atoms with Gasteiger partial charge in [-0.2, -0.15) is 0 Å². The summed E-state index contributed by atoms with van der Waals surface area (Å²) in [7, 11) is 0. The minimum atomic E-state index is -1.15. The van der Waals surface area contributed by atoms with E-state index in [9.17, 15) is 9.90 Å². The maximum atomic E-state index is 10.9. The standard InChI is InChI=1S/C9H18O4/c1-3-4-8(11)13-6-5-9(2,12)7-10/h10,12H,3-7H2,1-2H3. The lowest BCUT2D eigenvalue weighted by Crippen LogP contribution is -2.30. The highest BCUT2D eigenvalue weighted by atomic mass is 16.5. The number of hydrogen-bond donors (Lipinski definition) is 2. The Balaban J connectivity index is 3.50. The number of ether oxygens (including phenoxy) is 1. The van der Waals surface area contributed by atoms with Gasteiger partial charge in [0.25, 0.3) is 0 Å². The molecule has 0 aliphatic heterocycles. The first kappa shape index (κ1) is 12.4. The van der Waals surface area contributed by atoms with E-state index in [1.807, 2.05) is 6.92 Å². The van der Waals surface area contributed by atoms with Gasteiger partial charge in [-0.05, 0) is 13.3 Å². The molecule has 2 N–H and O–H groups in total. The van der Waals surface area contributed by atoms with Crippen molar-refractivity contribution in [3.05, 3.63) is 0 Å². The molecule has 0 aliphatic rings. The van der Waals surface area contributed by atoms with Gasteiger partial charge in [-0.3, -0.25) is 4.79 Å². The van der Waals surface area contributed by atoms with Gasteiger partial charge in [-0.25, -0.2) is 0 Å². The van der Waals surface area contributed by atoms with Crippen molar-refractivity contribution in [2.45, 2.75) is 38.7 Å². The highest BCUT2D eigenvalue weighted by Crippen LogP contribution is 2.07. The summed E-state index contributed by atoms with van der Waals surface area (Å²) in [6.07, 6.45) is 1.43. The van der Waals surface area contributed by atoms with Gasteiger partial charge in [0, 0.05) is 12.8 Å². The Morgan fingerprint density at radius 3 is 2.62 bits per heavy atom. The average molecular weight is 190 g/mol. The van der Waals surface area contributed by atoms with Crippen molar-refractivity contribution in [3.8, 4) is 0 Å². The topological polar surface area (TPSA) is 66.8 Å². The minimum absolute atomic E-state index is 0.159. The van der Waals surface area contributed by atoms with Crippen LogP contribution in [-0.4, -0.2) is 35.0 Å². The van der Waals surface area contributed by atoms with Crippen LogP contribution in [0.1, 0.15) is 33.1 Å². The van der Waals surface area contributed by atoms with Gasteiger partial charge < -0.3 is 14.9 Å². The second-order valence-electron chi connectivity index (χ2n) is 3.38. The second kappa shape index (κ2) is 5.94. The molecule has 78 valence electrons. The molecule has 4 nitrogen and oxygen atoms in total. The highest BCUT2D eigenvalue weighted by Gasteiger charge is 2.19. The third-order valence-corrected chi connectivity index (χ3v) is 1.70. The van der Waals surface area contributed by atoms with Gasteiger partial charge >= 0.3 is 5.97 Å². The van der Waals surface area contributed by atoms with E-state index < -0.39 is 5.60 Å². The molecule has 0 bridgehead atoms. The predicted octanol–water partition coefficient (Wildman–Crippen LogP) is 0.463. The molecule has 0 aromatic rings. The monoisotopic (exact) mass is 190 g/mol. The van der Waals surface area contributed by atoms with Crippen LogP contribution in [0.5, 0.6) is 0 Å². The molecule has 0 fully saturated rings. The lowest BCUT2D eigenvalue weighted by molar-refractivity contribution is -0.145. The van der Waals surface area contributed by atoms with Gasteiger partial charge in [0.05, 0.1) is 18.8 Å². The van der Waals surface area contributed by atoms with Gasteiger partial charge in [0.1, 0.15) is 0 Å². The van der Waals surface area contributed by atoms with E-state index >= 15 is 0 Å². The number of aliphatic hydroxyl groups excluding tert-OH is 1. The van der Waals surface area contributed by atoms with Crippen LogP contribution in [-0.2, 0) is 9.53 Å². The van der Waals surface area contributed by atoms with Crippen LogP contribution in [0.25, 0.3) is 0 Å². The zero-order valence-corrected chi connectivity index (χ0v) is 8.25. The van der Waals surface area contributed by atoms with Crippen LogP contribution in [0, 0.1) is 0 Å². The first-order valence-electron chi connectivity index (χ1n) is 4.50. The maximum Gasteiger partial charge on any atom is 0.305 e. The molecule has 0 rings (SSSR count). The third kappa shape index (κ3) is 6.54. The van der Waals surface area contributed by atoms with E-state index in [0.717, 1.165) is 6.42 Å². The zero-order chi connectivity index (χ0) is 10.3. The molecular formula is C9H18O4. The summed E-state index contributed by atoms with van der Waals surface area (Å²) in [4.78, 5) is 10.9. The minimum Gasteiger partial charge on any atom is -0.466 e. The maximum absolute atomic E-state index is 10.9. The summed E-state index contributed by atoms with van der Waals surface area (Å²) in [5.74, 6) is -0.253. The number of aliphatic hydroxyl groups is 2. The van der Waals surface area contributed by atoms with E-state index in [0.29, 0.717) is 6.42 Å². The Kier molecular flexibility index (Phi) is 5.66. The van der Waals surface area contributed by atoms with Crippen LogP contribution >= 0.6 is 0 Å². The molecular weight excluding hydrogens is 172 g/mol. The van der Waals surface area contributed by atoms with Crippen molar-refractivity contribution in [2.24, 2.45) is 0 Å². The molecule has 0 amide bonds. The van der Waals surface area contributed by atoms with Crippen molar-refractivity contribution >= 4 is 5.97 Å². The first-order chi connectivity index (χ1) is 6.02. The number of carbonyl (C=O) groups is 1.